The predicted octanol–water partition coefficient (Wildman–Crippen LogP) is 1.92. The van der Waals surface area contributed by atoms with Crippen molar-refractivity contribution in [2.24, 2.45) is 5.73 Å². The van der Waals surface area contributed by atoms with Crippen LogP contribution in [0.1, 0.15) is 4.88 Å². The van der Waals surface area contributed by atoms with Crippen LogP contribution in [-0.2, 0) is 16.6 Å². The summed E-state index contributed by atoms with van der Waals surface area (Å²) in [6, 6.07) is 8.39. The van der Waals surface area contributed by atoms with E-state index in [1.165, 1.54) is 24.3 Å². The molecule has 0 saturated carbocycles. The van der Waals surface area contributed by atoms with E-state index < -0.39 is 14.9 Å². The SMILES string of the molecule is NCc1ccc(S(=O)(=O)Nc2cccc([N+](=O)[O-])c2)s1. The average Bonchev–Trinajstić information content (AvgIpc) is 2.88. The van der Waals surface area contributed by atoms with Gasteiger partial charge in [0.2, 0.25) is 0 Å². The lowest BCUT2D eigenvalue weighted by atomic mass is 10.3. The van der Waals surface area contributed by atoms with Gasteiger partial charge in [-0.05, 0) is 18.2 Å². The highest BCUT2D eigenvalue weighted by molar-refractivity contribution is 7.94. The van der Waals surface area contributed by atoms with Crippen molar-refractivity contribution in [2.45, 2.75) is 10.8 Å². The molecule has 0 aliphatic carbocycles. The summed E-state index contributed by atoms with van der Waals surface area (Å²) in [7, 11) is -3.75. The number of thiophene rings is 1. The van der Waals surface area contributed by atoms with Crippen molar-refractivity contribution in [3.05, 3.63) is 51.4 Å². The van der Waals surface area contributed by atoms with E-state index >= 15 is 0 Å². The fourth-order valence-electron chi connectivity index (χ4n) is 1.50. The van der Waals surface area contributed by atoms with E-state index in [1.54, 1.807) is 6.07 Å². The number of nitrogens with one attached hydrogen (secondary N) is 1. The second-order valence-corrected chi connectivity index (χ2v) is 6.92. The zero-order valence-corrected chi connectivity index (χ0v) is 11.8. The maximum atomic E-state index is 12.1. The van der Waals surface area contributed by atoms with E-state index in [9.17, 15) is 18.5 Å². The monoisotopic (exact) mass is 313 g/mol. The summed E-state index contributed by atoms with van der Waals surface area (Å²) >= 11 is 1.06. The highest BCUT2D eigenvalue weighted by Gasteiger charge is 2.17. The average molecular weight is 313 g/mol. The molecule has 106 valence electrons. The van der Waals surface area contributed by atoms with E-state index in [4.69, 9.17) is 5.73 Å². The molecule has 1 heterocycles. The molecule has 2 rings (SSSR count). The normalized spacial score (nSPS) is 11.2. The van der Waals surface area contributed by atoms with Crippen LogP contribution in [0, 0.1) is 10.1 Å². The van der Waals surface area contributed by atoms with Gasteiger partial charge in [-0.2, -0.15) is 0 Å². The summed E-state index contributed by atoms with van der Waals surface area (Å²) in [5.41, 5.74) is 5.39. The zero-order valence-electron chi connectivity index (χ0n) is 10.1. The molecule has 3 N–H and O–H groups in total. The number of hydrogen-bond acceptors (Lipinski definition) is 6. The minimum Gasteiger partial charge on any atom is -0.326 e. The summed E-state index contributed by atoms with van der Waals surface area (Å²) in [6.07, 6.45) is 0. The van der Waals surface area contributed by atoms with Crippen molar-refractivity contribution in [2.75, 3.05) is 4.72 Å². The zero-order chi connectivity index (χ0) is 14.8. The summed E-state index contributed by atoms with van der Waals surface area (Å²) in [6.45, 7) is 0.261. The molecular formula is C11H11N3O4S2. The van der Waals surface area contributed by atoms with Crippen molar-refractivity contribution in [3.8, 4) is 0 Å². The molecule has 0 spiro atoms. The minimum atomic E-state index is -3.75. The topological polar surface area (TPSA) is 115 Å². The van der Waals surface area contributed by atoms with Gasteiger partial charge >= 0.3 is 0 Å². The van der Waals surface area contributed by atoms with Gasteiger partial charge in [0.15, 0.2) is 0 Å². The number of non-ortho nitro benzene ring substituents is 1. The summed E-state index contributed by atoms with van der Waals surface area (Å²) < 4.78 is 26.6. The number of benzene rings is 1. The molecule has 0 radical (unpaired) electrons. The number of nitro benzene ring substituents is 1. The first-order valence-corrected chi connectivity index (χ1v) is 7.78. The number of nitrogens with zero attached hydrogens (tertiary/aromatic N) is 1. The highest BCUT2D eigenvalue weighted by atomic mass is 32.2. The Hall–Kier alpha value is -1.97. The van der Waals surface area contributed by atoms with Crippen LogP contribution in [-0.4, -0.2) is 13.3 Å². The van der Waals surface area contributed by atoms with Crippen molar-refractivity contribution >= 4 is 32.7 Å². The van der Waals surface area contributed by atoms with Gasteiger partial charge < -0.3 is 5.73 Å². The van der Waals surface area contributed by atoms with Gasteiger partial charge in [-0.3, -0.25) is 14.8 Å². The summed E-state index contributed by atoms with van der Waals surface area (Å²) in [5.74, 6) is 0. The van der Waals surface area contributed by atoms with Crippen LogP contribution in [0.2, 0.25) is 0 Å². The molecular weight excluding hydrogens is 302 g/mol. The lowest BCUT2D eigenvalue weighted by Crippen LogP contribution is -2.11. The van der Waals surface area contributed by atoms with Crippen molar-refractivity contribution in [1.82, 2.24) is 0 Å². The first-order chi connectivity index (χ1) is 9.42. The van der Waals surface area contributed by atoms with Crippen LogP contribution < -0.4 is 10.5 Å². The molecule has 0 aliphatic rings. The van der Waals surface area contributed by atoms with E-state index in [-0.39, 0.29) is 22.1 Å². The van der Waals surface area contributed by atoms with Gasteiger partial charge in [0.05, 0.1) is 10.6 Å². The van der Waals surface area contributed by atoms with Crippen LogP contribution in [0.3, 0.4) is 0 Å². The minimum absolute atomic E-state index is 0.115. The number of hydrogen-bond donors (Lipinski definition) is 2. The van der Waals surface area contributed by atoms with Gasteiger partial charge in [-0.25, -0.2) is 8.42 Å². The van der Waals surface area contributed by atoms with Gasteiger partial charge in [0, 0.05) is 23.6 Å². The van der Waals surface area contributed by atoms with E-state index in [0.717, 1.165) is 22.3 Å². The van der Waals surface area contributed by atoms with Gasteiger partial charge in [-0.15, -0.1) is 11.3 Å². The molecule has 0 unspecified atom stereocenters. The van der Waals surface area contributed by atoms with Crippen molar-refractivity contribution in [3.63, 3.8) is 0 Å². The molecule has 0 bridgehead atoms. The molecule has 0 fully saturated rings. The third-order valence-electron chi connectivity index (χ3n) is 2.41. The second kappa shape index (κ2) is 5.57. The summed E-state index contributed by atoms with van der Waals surface area (Å²) in [5, 5.41) is 10.6. The number of sulfonamides is 1. The molecule has 1 aromatic carbocycles. The van der Waals surface area contributed by atoms with Gasteiger partial charge in [0.25, 0.3) is 15.7 Å². The van der Waals surface area contributed by atoms with Crippen LogP contribution >= 0.6 is 11.3 Å². The molecule has 2 aromatic rings. The Morgan fingerprint density at radius 2 is 2.05 bits per heavy atom. The molecule has 0 saturated heterocycles. The highest BCUT2D eigenvalue weighted by Crippen LogP contribution is 2.25. The fourth-order valence-corrected chi connectivity index (χ4v) is 3.78. The maximum absolute atomic E-state index is 12.1. The maximum Gasteiger partial charge on any atom is 0.271 e. The van der Waals surface area contributed by atoms with E-state index in [0.29, 0.717) is 0 Å². The number of anilines is 1. The Balaban J connectivity index is 2.28. The predicted molar refractivity (Wildman–Crippen MR) is 76.1 cm³/mol. The van der Waals surface area contributed by atoms with Crippen LogP contribution in [0.25, 0.3) is 0 Å². The van der Waals surface area contributed by atoms with Gasteiger partial charge in [-0.1, -0.05) is 6.07 Å². The van der Waals surface area contributed by atoms with Crippen LogP contribution in [0.4, 0.5) is 11.4 Å². The van der Waals surface area contributed by atoms with Crippen LogP contribution in [0.15, 0.2) is 40.6 Å². The quantitative estimate of drug-likeness (QED) is 0.646. The van der Waals surface area contributed by atoms with E-state index in [1.807, 2.05) is 0 Å². The van der Waals surface area contributed by atoms with Crippen LogP contribution in [0.5, 0.6) is 0 Å². The molecule has 9 heteroatoms. The third kappa shape index (κ3) is 3.13. The smallest absolute Gasteiger partial charge is 0.271 e. The Kier molecular flexibility index (Phi) is 4.02. The third-order valence-corrected chi connectivity index (χ3v) is 5.39. The van der Waals surface area contributed by atoms with Crippen molar-refractivity contribution in [1.29, 1.82) is 0 Å². The Bertz CT molecular complexity index is 740. The fraction of sp³-hybridized carbons (Fsp3) is 0.0909. The molecule has 1 aromatic heterocycles. The lowest BCUT2D eigenvalue weighted by molar-refractivity contribution is -0.384. The number of nitro groups is 1. The van der Waals surface area contributed by atoms with E-state index in [2.05, 4.69) is 4.72 Å². The number of rotatable bonds is 5. The molecule has 0 aliphatic heterocycles. The lowest BCUT2D eigenvalue weighted by Gasteiger charge is -2.05. The molecule has 0 amide bonds. The van der Waals surface area contributed by atoms with Crippen molar-refractivity contribution < 1.29 is 13.3 Å². The second-order valence-electron chi connectivity index (χ2n) is 3.84. The Morgan fingerprint density at radius 3 is 2.65 bits per heavy atom. The largest absolute Gasteiger partial charge is 0.326 e. The molecule has 0 atom stereocenters. The van der Waals surface area contributed by atoms with Gasteiger partial charge in [0.1, 0.15) is 4.21 Å². The molecule has 20 heavy (non-hydrogen) atoms. The Morgan fingerprint density at radius 1 is 1.30 bits per heavy atom. The summed E-state index contributed by atoms with van der Waals surface area (Å²) in [4.78, 5) is 10.8. The standard InChI is InChI=1S/C11H11N3O4S2/c12-7-10-4-5-11(19-10)20(17,18)13-8-2-1-3-9(6-8)14(15)16/h1-6,13H,7,12H2. The molecule has 7 nitrogen and oxygen atoms in total. The Labute approximate surface area is 119 Å². The first-order valence-electron chi connectivity index (χ1n) is 5.48. The first kappa shape index (κ1) is 14.4. The number of nitrogens with two attached hydrogens (primary N) is 1.